The largest absolute Gasteiger partial charge is 0.508 e. The first-order valence-electron chi connectivity index (χ1n) is 9.93. The molecule has 4 aromatic rings. The van der Waals surface area contributed by atoms with Crippen molar-refractivity contribution in [2.45, 2.75) is 12.1 Å². The van der Waals surface area contributed by atoms with Gasteiger partial charge in [-0.3, -0.25) is 9.36 Å². The second-order valence-corrected chi connectivity index (χ2v) is 7.85. The fourth-order valence-electron chi connectivity index (χ4n) is 3.02. The van der Waals surface area contributed by atoms with Crippen LogP contribution in [-0.2, 0) is 4.79 Å². The molecule has 8 heteroatoms. The number of nitrogens with zero attached hydrogens (tertiary/aromatic N) is 4. The lowest BCUT2D eigenvalue weighted by molar-refractivity contribution is -0.118. The van der Waals surface area contributed by atoms with Crippen molar-refractivity contribution in [3.8, 4) is 22.8 Å². The van der Waals surface area contributed by atoms with Crippen LogP contribution in [0, 0.1) is 0 Å². The lowest BCUT2D eigenvalue weighted by Crippen LogP contribution is -2.21. The number of carbonyl (C=O) groups excluding carboxylic acids is 1. The van der Waals surface area contributed by atoms with E-state index in [0.29, 0.717) is 16.7 Å². The van der Waals surface area contributed by atoms with Gasteiger partial charge in [0.05, 0.1) is 11.5 Å². The number of nitrogens with one attached hydrogen (secondary N) is 1. The van der Waals surface area contributed by atoms with Gasteiger partial charge in [0.2, 0.25) is 0 Å². The zero-order chi connectivity index (χ0) is 22.3. The number of hydrazone groups is 1. The molecule has 4 rings (SSSR count). The predicted molar refractivity (Wildman–Crippen MR) is 126 cm³/mol. The third-order valence-electron chi connectivity index (χ3n) is 4.65. The summed E-state index contributed by atoms with van der Waals surface area (Å²) in [6, 6.07) is 26.2. The van der Waals surface area contributed by atoms with Crippen LogP contribution >= 0.6 is 11.8 Å². The highest BCUT2D eigenvalue weighted by Gasteiger charge is 2.17. The molecule has 3 aromatic carbocycles. The highest BCUT2D eigenvalue weighted by Crippen LogP contribution is 2.27. The number of carbonyl (C=O) groups is 1. The molecule has 0 radical (unpaired) electrons. The Bertz CT molecular complexity index is 1220. The average molecular weight is 444 g/mol. The molecule has 0 aliphatic heterocycles. The first-order chi connectivity index (χ1) is 15.6. The average Bonchev–Trinajstić information content (AvgIpc) is 3.27. The van der Waals surface area contributed by atoms with Gasteiger partial charge >= 0.3 is 0 Å². The maximum atomic E-state index is 12.4. The van der Waals surface area contributed by atoms with Gasteiger partial charge in [-0.25, -0.2) is 5.43 Å². The van der Waals surface area contributed by atoms with E-state index in [9.17, 15) is 9.90 Å². The molecular weight excluding hydrogens is 422 g/mol. The maximum Gasteiger partial charge on any atom is 0.250 e. The van der Waals surface area contributed by atoms with Crippen molar-refractivity contribution in [3.05, 3.63) is 90.5 Å². The summed E-state index contributed by atoms with van der Waals surface area (Å²) in [5, 5.41) is 22.9. The number of benzene rings is 3. The minimum absolute atomic E-state index is 0.131. The summed E-state index contributed by atoms with van der Waals surface area (Å²) in [7, 11) is 0. The van der Waals surface area contributed by atoms with Crippen LogP contribution in [-0.4, -0.2) is 37.2 Å². The first-order valence-corrected chi connectivity index (χ1v) is 10.9. The van der Waals surface area contributed by atoms with Gasteiger partial charge in [-0.1, -0.05) is 60.3 Å². The fourth-order valence-corrected chi connectivity index (χ4v) is 3.77. The Balaban J connectivity index is 1.49. The van der Waals surface area contributed by atoms with Gasteiger partial charge in [0, 0.05) is 11.3 Å². The van der Waals surface area contributed by atoms with E-state index in [1.807, 2.05) is 65.2 Å². The molecule has 0 saturated carbocycles. The van der Waals surface area contributed by atoms with Crippen molar-refractivity contribution in [2.75, 3.05) is 5.75 Å². The maximum absolute atomic E-state index is 12.4. The van der Waals surface area contributed by atoms with Gasteiger partial charge in [-0.15, -0.1) is 10.2 Å². The molecular formula is C24H21N5O2S. The third kappa shape index (κ3) is 5.04. The van der Waals surface area contributed by atoms with E-state index in [2.05, 4.69) is 20.7 Å². The van der Waals surface area contributed by atoms with Crippen LogP contribution in [0.15, 0.2) is 95.2 Å². The van der Waals surface area contributed by atoms with Crippen molar-refractivity contribution in [2.24, 2.45) is 5.10 Å². The SMILES string of the molecule is C/C(=N\NC(=O)CSc1nnc(-c2ccccc2)n1-c1ccccc1)c1ccc(O)cc1. The molecule has 0 fully saturated rings. The molecule has 0 unspecified atom stereocenters. The van der Waals surface area contributed by atoms with E-state index in [0.717, 1.165) is 16.8 Å². The van der Waals surface area contributed by atoms with E-state index in [4.69, 9.17) is 0 Å². The normalized spacial score (nSPS) is 11.3. The summed E-state index contributed by atoms with van der Waals surface area (Å²) in [5.41, 5.74) is 5.88. The summed E-state index contributed by atoms with van der Waals surface area (Å²) in [5.74, 6) is 0.767. The van der Waals surface area contributed by atoms with E-state index >= 15 is 0 Å². The Kier molecular flexibility index (Phi) is 6.62. The topological polar surface area (TPSA) is 92.4 Å². The zero-order valence-corrected chi connectivity index (χ0v) is 18.2. The number of aromatic hydroxyl groups is 1. The number of aromatic nitrogens is 3. The van der Waals surface area contributed by atoms with Crippen LogP contribution in [0.1, 0.15) is 12.5 Å². The first kappa shape index (κ1) is 21.3. The highest BCUT2D eigenvalue weighted by molar-refractivity contribution is 7.99. The second kappa shape index (κ2) is 9.93. The highest BCUT2D eigenvalue weighted by atomic mass is 32.2. The molecule has 160 valence electrons. The Morgan fingerprint density at radius 1 is 0.969 bits per heavy atom. The smallest absolute Gasteiger partial charge is 0.250 e. The van der Waals surface area contributed by atoms with Crippen LogP contribution < -0.4 is 5.43 Å². The lowest BCUT2D eigenvalue weighted by atomic mass is 10.1. The molecule has 7 nitrogen and oxygen atoms in total. The minimum Gasteiger partial charge on any atom is -0.508 e. The van der Waals surface area contributed by atoms with Crippen LogP contribution in [0.2, 0.25) is 0 Å². The van der Waals surface area contributed by atoms with Crippen LogP contribution in [0.4, 0.5) is 0 Å². The number of hydrogen-bond donors (Lipinski definition) is 2. The Morgan fingerprint density at radius 2 is 1.62 bits per heavy atom. The zero-order valence-electron chi connectivity index (χ0n) is 17.3. The number of phenolic OH excluding ortho intramolecular Hbond substituents is 1. The predicted octanol–water partition coefficient (Wildman–Crippen LogP) is 4.27. The molecule has 0 aliphatic rings. The van der Waals surface area contributed by atoms with Crippen LogP contribution in [0.3, 0.4) is 0 Å². The number of para-hydroxylation sites is 1. The minimum atomic E-state index is -0.253. The van der Waals surface area contributed by atoms with E-state index < -0.39 is 0 Å². The molecule has 0 aliphatic carbocycles. The van der Waals surface area contributed by atoms with Gasteiger partial charge in [0.15, 0.2) is 11.0 Å². The summed E-state index contributed by atoms with van der Waals surface area (Å²) in [6.45, 7) is 1.79. The molecule has 32 heavy (non-hydrogen) atoms. The van der Waals surface area contributed by atoms with Crippen molar-refractivity contribution < 1.29 is 9.90 Å². The molecule has 2 N–H and O–H groups in total. The quantitative estimate of drug-likeness (QED) is 0.253. The number of amides is 1. The Hall–Kier alpha value is -3.91. The fraction of sp³-hybridized carbons (Fsp3) is 0.0833. The molecule has 1 heterocycles. The molecule has 0 bridgehead atoms. The van der Waals surface area contributed by atoms with E-state index in [1.165, 1.54) is 11.8 Å². The summed E-state index contributed by atoms with van der Waals surface area (Å²) >= 11 is 1.29. The number of thioether (sulfide) groups is 1. The Morgan fingerprint density at radius 3 is 2.31 bits per heavy atom. The van der Waals surface area contributed by atoms with Gasteiger partial charge in [-0.2, -0.15) is 5.10 Å². The summed E-state index contributed by atoms with van der Waals surface area (Å²) in [6.07, 6.45) is 0. The molecule has 0 atom stereocenters. The third-order valence-corrected chi connectivity index (χ3v) is 5.57. The van der Waals surface area contributed by atoms with Crippen LogP contribution in [0.5, 0.6) is 5.75 Å². The number of hydrogen-bond acceptors (Lipinski definition) is 6. The van der Waals surface area contributed by atoms with E-state index in [-0.39, 0.29) is 17.4 Å². The second-order valence-electron chi connectivity index (χ2n) is 6.91. The van der Waals surface area contributed by atoms with Gasteiger partial charge < -0.3 is 5.11 Å². The van der Waals surface area contributed by atoms with Crippen LogP contribution in [0.25, 0.3) is 17.1 Å². The molecule has 1 amide bonds. The van der Waals surface area contributed by atoms with Crippen molar-refractivity contribution in [3.63, 3.8) is 0 Å². The van der Waals surface area contributed by atoms with Crippen molar-refractivity contribution >= 4 is 23.4 Å². The number of rotatable bonds is 7. The van der Waals surface area contributed by atoms with Gasteiger partial charge in [0.25, 0.3) is 5.91 Å². The monoisotopic (exact) mass is 443 g/mol. The van der Waals surface area contributed by atoms with E-state index in [1.54, 1.807) is 31.2 Å². The van der Waals surface area contributed by atoms with Gasteiger partial charge in [0.1, 0.15) is 5.75 Å². The number of phenols is 1. The standard InChI is InChI=1S/C24H21N5O2S/c1-17(18-12-14-21(30)15-13-18)25-26-22(31)16-32-24-28-27-23(19-8-4-2-5-9-19)29(24)20-10-6-3-7-11-20/h2-15,30H,16H2,1H3,(H,26,31)/b25-17+. The lowest BCUT2D eigenvalue weighted by Gasteiger charge is -2.10. The molecule has 0 spiro atoms. The van der Waals surface area contributed by atoms with Crippen molar-refractivity contribution in [1.82, 2.24) is 20.2 Å². The van der Waals surface area contributed by atoms with Gasteiger partial charge in [-0.05, 0) is 48.9 Å². The molecule has 0 saturated heterocycles. The Labute approximate surface area is 189 Å². The summed E-state index contributed by atoms with van der Waals surface area (Å²) in [4.78, 5) is 12.4. The summed E-state index contributed by atoms with van der Waals surface area (Å²) < 4.78 is 1.94. The van der Waals surface area contributed by atoms with Crippen molar-refractivity contribution in [1.29, 1.82) is 0 Å². The molecule has 1 aromatic heterocycles.